The maximum absolute atomic E-state index is 5.80. The Hall–Kier alpha value is -0.540. The van der Waals surface area contributed by atoms with Crippen molar-refractivity contribution < 1.29 is 4.74 Å². The molecular formula is C15H22BrNO. The van der Waals surface area contributed by atoms with Gasteiger partial charge in [-0.2, -0.15) is 0 Å². The quantitative estimate of drug-likeness (QED) is 0.769. The summed E-state index contributed by atoms with van der Waals surface area (Å²) in [5.41, 5.74) is 1.32. The van der Waals surface area contributed by atoms with Crippen molar-refractivity contribution >= 4 is 15.9 Å². The average Bonchev–Trinajstić information content (AvgIpc) is 2.59. The molecule has 3 heteroatoms. The summed E-state index contributed by atoms with van der Waals surface area (Å²) in [7, 11) is 0. The Labute approximate surface area is 118 Å². The molecule has 0 amide bonds. The first-order chi connectivity index (χ1) is 8.83. The van der Waals surface area contributed by atoms with Crippen LogP contribution < -0.4 is 4.74 Å². The molecule has 0 spiro atoms. The summed E-state index contributed by atoms with van der Waals surface area (Å²) >= 11 is 3.64. The van der Waals surface area contributed by atoms with E-state index < -0.39 is 0 Å². The third-order valence-corrected chi connectivity index (χ3v) is 4.38. The summed E-state index contributed by atoms with van der Waals surface area (Å²) in [5, 5.41) is 1.10. The molecule has 1 unspecified atom stereocenters. The van der Waals surface area contributed by atoms with Gasteiger partial charge in [0.1, 0.15) is 12.4 Å². The van der Waals surface area contributed by atoms with Crippen LogP contribution in [0, 0.1) is 5.92 Å². The fourth-order valence-corrected chi connectivity index (χ4v) is 3.05. The van der Waals surface area contributed by atoms with E-state index in [1.807, 2.05) is 6.07 Å². The molecule has 1 aromatic carbocycles. The van der Waals surface area contributed by atoms with Gasteiger partial charge >= 0.3 is 0 Å². The van der Waals surface area contributed by atoms with Crippen LogP contribution in [0.4, 0.5) is 0 Å². The Morgan fingerprint density at radius 1 is 1.39 bits per heavy atom. The van der Waals surface area contributed by atoms with Crippen LogP contribution in [-0.2, 0) is 6.54 Å². The van der Waals surface area contributed by atoms with Crippen LogP contribution in [-0.4, -0.2) is 29.9 Å². The number of halogens is 1. The van der Waals surface area contributed by atoms with Gasteiger partial charge in [-0.05, 0) is 18.4 Å². The first kappa shape index (κ1) is 13.9. The van der Waals surface area contributed by atoms with E-state index in [9.17, 15) is 0 Å². The number of hydrogen-bond acceptors (Lipinski definition) is 2. The summed E-state index contributed by atoms with van der Waals surface area (Å²) in [6.07, 6.45) is 2.56. The van der Waals surface area contributed by atoms with E-state index in [1.165, 1.54) is 18.4 Å². The lowest BCUT2D eigenvalue weighted by molar-refractivity contribution is 0.200. The van der Waals surface area contributed by atoms with E-state index >= 15 is 0 Å². The summed E-state index contributed by atoms with van der Waals surface area (Å²) in [6, 6.07) is 8.40. The molecule has 0 bridgehead atoms. The highest BCUT2D eigenvalue weighted by molar-refractivity contribution is 9.09. The molecule has 0 saturated carbocycles. The van der Waals surface area contributed by atoms with Crippen molar-refractivity contribution in [2.75, 3.05) is 25.0 Å². The minimum Gasteiger partial charge on any atom is -0.492 e. The molecule has 2 nitrogen and oxygen atoms in total. The monoisotopic (exact) mass is 311 g/mol. The molecule has 1 heterocycles. The van der Waals surface area contributed by atoms with Crippen molar-refractivity contribution in [2.24, 2.45) is 5.92 Å². The number of benzene rings is 1. The van der Waals surface area contributed by atoms with E-state index in [0.717, 1.165) is 43.2 Å². The van der Waals surface area contributed by atoms with Gasteiger partial charge in [-0.3, -0.25) is 4.90 Å². The van der Waals surface area contributed by atoms with Crippen LogP contribution in [0.25, 0.3) is 0 Å². The van der Waals surface area contributed by atoms with E-state index in [1.54, 1.807) is 0 Å². The Balaban J connectivity index is 1.99. The predicted octanol–water partition coefficient (Wildman–Crippen LogP) is 3.69. The molecule has 0 aliphatic carbocycles. The fourth-order valence-electron chi connectivity index (χ4n) is 2.53. The van der Waals surface area contributed by atoms with Gasteiger partial charge in [0.2, 0.25) is 0 Å². The van der Waals surface area contributed by atoms with Crippen LogP contribution in [0.15, 0.2) is 24.3 Å². The van der Waals surface area contributed by atoms with Gasteiger partial charge in [0.25, 0.3) is 0 Å². The second-order valence-electron chi connectivity index (χ2n) is 5.00. The molecule has 0 aromatic heterocycles. The highest BCUT2D eigenvalue weighted by atomic mass is 79.9. The van der Waals surface area contributed by atoms with Gasteiger partial charge in [0, 0.05) is 30.5 Å². The highest BCUT2D eigenvalue weighted by Gasteiger charge is 2.17. The number of nitrogens with zero attached hydrogens (tertiary/aromatic N) is 1. The summed E-state index contributed by atoms with van der Waals surface area (Å²) < 4.78 is 5.80. The minimum absolute atomic E-state index is 0.750. The zero-order chi connectivity index (χ0) is 12.8. The molecule has 0 N–H and O–H groups in total. The van der Waals surface area contributed by atoms with Crippen molar-refractivity contribution in [3.8, 4) is 5.75 Å². The van der Waals surface area contributed by atoms with Crippen LogP contribution in [0.2, 0.25) is 0 Å². The molecular weight excluding hydrogens is 290 g/mol. The Morgan fingerprint density at radius 2 is 2.22 bits per heavy atom. The molecule has 18 heavy (non-hydrogen) atoms. The number of para-hydroxylation sites is 1. The number of alkyl halides is 1. The van der Waals surface area contributed by atoms with Crippen LogP contribution in [0.5, 0.6) is 5.75 Å². The SMILES string of the molecule is CCCC(CBr)CN1CCOc2ccccc2C1. The first-order valence-electron chi connectivity index (χ1n) is 6.82. The molecule has 0 saturated heterocycles. The third kappa shape index (κ3) is 3.72. The van der Waals surface area contributed by atoms with E-state index in [4.69, 9.17) is 4.74 Å². The van der Waals surface area contributed by atoms with Crippen molar-refractivity contribution in [1.82, 2.24) is 4.90 Å². The number of hydrogen-bond donors (Lipinski definition) is 0. The summed E-state index contributed by atoms with van der Waals surface area (Å²) in [5.74, 6) is 1.81. The van der Waals surface area contributed by atoms with Crippen molar-refractivity contribution in [2.45, 2.75) is 26.3 Å². The normalized spacial score (nSPS) is 17.7. The van der Waals surface area contributed by atoms with Gasteiger partial charge < -0.3 is 4.74 Å². The van der Waals surface area contributed by atoms with Gasteiger partial charge in [-0.1, -0.05) is 47.5 Å². The van der Waals surface area contributed by atoms with Crippen molar-refractivity contribution in [1.29, 1.82) is 0 Å². The lowest BCUT2D eigenvalue weighted by Crippen LogP contribution is -2.31. The van der Waals surface area contributed by atoms with E-state index in [2.05, 4.69) is 46.0 Å². The number of fused-ring (bicyclic) bond motifs is 1. The topological polar surface area (TPSA) is 12.5 Å². The largest absolute Gasteiger partial charge is 0.492 e. The number of rotatable bonds is 5. The van der Waals surface area contributed by atoms with Gasteiger partial charge in [-0.25, -0.2) is 0 Å². The molecule has 1 aliphatic rings. The lowest BCUT2D eigenvalue weighted by Gasteiger charge is -2.24. The standard InChI is InChI=1S/C15H22BrNO/c1-2-5-13(10-16)11-17-8-9-18-15-7-4-3-6-14(15)12-17/h3-4,6-7,13H,2,5,8-12H2,1H3. The fraction of sp³-hybridized carbons (Fsp3) is 0.600. The number of ether oxygens (including phenoxy) is 1. The van der Waals surface area contributed by atoms with E-state index in [0.29, 0.717) is 0 Å². The second kappa shape index (κ2) is 7.15. The van der Waals surface area contributed by atoms with E-state index in [-0.39, 0.29) is 0 Å². The van der Waals surface area contributed by atoms with Crippen molar-refractivity contribution in [3.63, 3.8) is 0 Å². The minimum atomic E-state index is 0.750. The first-order valence-corrected chi connectivity index (χ1v) is 7.94. The zero-order valence-corrected chi connectivity index (χ0v) is 12.7. The summed E-state index contributed by atoms with van der Waals surface area (Å²) in [6.45, 7) is 6.27. The summed E-state index contributed by atoms with van der Waals surface area (Å²) in [4.78, 5) is 2.52. The third-order valence-electron chi connectivity index (χ3n) is 3.46. The van der Waals surface area contributed by atoms with Crippen LogP contribution in [0.3, 0.4) is 0 Å². The van der Waals surface area contributed by atoms with Gasteiger partial charge in [-0.15, -0.1) is 0 Å². The lowest BCUT2D eigenvalue weighted by atomic mass is 10.1. The average molecular weight is 312 g/mol. The second-order valence-corrected chi connectivity index (χ2v) is 5.65. The van der Waals surface area contributed by atoms with Gasteiger partial charge in [0.15, 0.2) is 0 Å². The molecule has 100 valence electrons. The maximum atomic E-state index is 5.80. The highest BCUT2D eigenvalue weighted by Crippen LogP contribution is 2.23. The molecule has 2 rings (SSSR count). The molecule has 1 atom stereocenters. The molecule has 0 fully saturated rings. The maximum Gasteiger partial charge on any atom is 0.123 e. The van der Waals surface area contributed by atoms with Gasteiger partial charge in [0.05, 0.1) is 0 Å². The molecule has 0 radical (unpaired) electrons. The van der Waals surface area contributed by atoms with Crippen molar-refractivity contribution in [3.05, 3.63) is 29.8 Å². The Bertz CT molecular complexity index is 369. The Morgan fingerprint density at radius 3 is 3.00 bits per heavy atom. The van der Waals surface area contributed by atoms with Crippen LogP contribution >= 0.6 is 15.9 Å². The predicted molar refractivity (Wildman–Crippen MR) is 79.4 cm³/mol. The molecule has 1 aromatic rings. The Kier molecular flexibility index (Phi) is 5.51. The molecule has 1 aliphatic heterocycles. The van der Waals surface area contributed by atoms with Crippen LogP contribution in [0.1, 0.15) is 25.3 Å². The zero-order valence-electron chi connectivity index (χ0n) is 11.1. The smallest absolute Gasteiger partial charge is 0.123 e.